The third-order valence-corrected chi connectivity index (χ3v) is 6.77. The largest absolute Gasteiger partial charge is 0.380 e. The molecule has 0 N–H and O–H groups in total. The number of piperidine rings is 1. The first-order valence-electron chi connectivity index (χ1n) is 8.46. The molecule has 0 amide bonds. The van der Waals surface area contributed by atoms with Crippen LogP contribution in [0.15, 0.2) is 29.2 Å². The Labute approximate surface area is 139 Å². The number of ether oxygens (including phenoxy) is 1. The number of rotatable bonds is 3. The maximum Gasteiger partial charge on any atom is 0.243 e. The summed E-state index contributed by atoms with van der Waals surface area (Å²) >= 11 is 0. The van der Waals surface area contributed by atoms with Crippen LogP contribution in [0.4, 0.5) is 0 Å². The minimum atomic E-state index is -3.35. The van der Waals surface area contributed by atoms with E-state index < -0.39 is 10.0 Å². The molecule has 1 aromatic rings. The Balaban J connectivity index is 1.62. The lowest BCUT2D eigenvalue weighted by Crippen LogP contribution is -2.47. The monoisotopic (exact) mass is 338 g/mol. The second-order valence-electron chi connectivity index (χ2n) is 6.45. The highest BCUT2D eigenvalue weighted by atomic mass is 32.2. The Morgan fingerprint density at radius 3 is 2.39 bits per heavy atom. The zero-order valence-corrected chi connectivity index (χ0v) is 14.6. The van der Waals surface area contributed by atoms with Crippen molar-refractivity contribution in [3.8, 4) is 0 Å². The van der Waals surface area contributed by atoms with E-state index in [4.69, 9.17) is 4.74 Å². The maximum absolute atomic E-state index is 12.7. The topological polar surface area (TPSA) is 49.9 Å². The van der Waals surface area contributed by atoms with Gasteiger partial charge in [0.05, 0.1) is 11.5 Å². The quantitative estimate of drug-likeness (QED) is 0.844. The molecule has 1 aromatic carbocycles. The highest BCUT2D eigenvalue weighted by Gasteiger charge is 2.31. The molecular formula is C17H26N2O3S. The first kappa shape index (κ1) is 16.9. The van der Waals surface area contributed by atoms with E-state index in [-0.39, 0.29) is 0 Å². The van der Waals surface area contributed by atoms with Gasteiger partial charge in [-0.3, -0.25) is 4.90 Å². The fourth-order valence-corrected chi connectivity index (χ4v) is 4.91. The van der Waals surface area contributed by atoms with Gasteiger partial charge >= 0.3 is 0 Å². The molecule has 0 saturated carbocycles. The lowest BCUT2D eigenvalue weighted by molar-refractivity contribution is 0.114. The van der Waals surface area contributed by atoms with Crippen molar-refractivity contribution in [2.75, 3.05) is 39.4 Å². The number of hydrogen-bond donors (Lipinski definition) is 0. The summed E-state index contributed by atoms with van der Waals surface area (Å²) in [6.45, 7) is 6.85. The van der Waals surface area contributed by atoms with Gasteiger partial charge in [0.1, 0.15) is 0 Å². The smallest absolute Gasteiger partial charge is 0.243 e. The molecule has 0 bridgehead atoms. The standard InChI is InChI=1S/C17H26N2O3S/c1-15-3-5-17(6-4-15)23(20,21)19-10-7-16(8-11-19)18-9-2-13-22-14-12-18/h3-6,16H,2,7-14H2,1H3. The van der Waals surface area contributed by atoms with Crippen LogP contribution in [-0.4, -0.2) is 63.1 Å². The van der Waals surface area contributed by atoms with Crippen LogP contribution in [0.25, 0.3) is 0 Å². The van der Waals surface area contributed by atoms with Crippen molar-refractivity contribution in [1.29, 1.82) is 0 Å². The van der Waals surface area contributed by atoms with Crippen LogP contribution in [0.5, 0.6) is 0 Å². The Hall–Kier alpha value is -0.950. The van der Waals surface area contributed by atoms with Crippen LogP contribution < -0.4 is 0 Å². The van der Waals surface area contributed by atoms with Crippen LogP contribution >= 0.6 is 0 Å². The molecule has 2 heterocycles. The summed E-state index contributed by atoms with van der Waals surface area (Å²) in [7, 11) is -3.35. The van der Waals surface area contributed by atoms with E-state index in [9.17, 15) is 8.42 Å². The van der Waals surface area contributed by atoms with E-state index >= 15 is 0 Å². The van der Waals surface area contributed by atoms with E-state index in [0.29, 0.717) is 24.0 Å². The van der Waals surface area contributed by atoms with Crippen molar-refractivity contribution >= 4 is 10.0 Å². The molecule has 0 aromatic heterocycles. The Bertz CT molecular complexity index is 599. The van der Waals surface area contributed by atoms with E-state index in [1.54, 1.807) is 16.4 Å². The molecule has 0 atom stereocenters. The highest BCUT2D eigenvalue weighted by Crippen LogP contribution is 2.24. The van der Waals surface area contributed by atoms with Gasteiger partial charge < -0.3 is 4.74 Å². The van der Waals surface area contributed by atoms with Gasteiger partial charge in [0, 0.05) is 38.8 Å². The second kappa shape index (κ2) is 7.30. The zero-order valence-electron chi connectivity index (χ0n) is 13.8. The number of sulfonamides is 1. The molecule has 128 valence electrons. The summed E-state index contributed by atoms with van der Waals surface area (Å²) in [6, 6.07) is 7.63. The van der Waals surface area contributed by atoms with Gasteiger partial charge in [-0.05, 0) is 38.3 Å². The molecule has 5 nitrogen and oxygen atoms in total. The minimum absolute atomic E-state index is 0.407. The van der Waals surface area contributed by atoms with E-state index in [2.05, 4.69) is 4.90 Å². The molecule has 6 heteroatoms. The summed E-state index contributed by atoms with van der Waals surface area (Å²) in [4.78, 5) is 2.88. The van der Waals surface area contributed by atoms with Crippen LogP contribution in [0, 0.1) is 6.92 Å². The van der Waals surface area contributed by atoms with Crippen molar-refractivity contribution in [2.45, 2.75) is 37.1 Å². The summed E-state index contributed by atoms with van der Waals surface area (Å²) in [5.74, 6) is 0. The summed E-state index contributed by atoms with van der Waals surface area (Å²) in [6.07, 6.45) is 2.89. The summed E-state index contributed by atoms with van der Waals surface area (Å²) < 4.78 is 32.6. The van der Waals surface area contributed by atoms with Gasteiger partial charge in [0.25, 0.3) is 0 Å². The lowest BCUT2D eigenvalue weighted by atomic mass is 10.0. The maximum atomic E-state index is 12.7. The number of aryl methyl sites for hydroxylation is 1. The number of hydrogen-bond acceptors (Lipinski definition) is 4. The minimum Gasteiger partial charge on any atom is -0.380 e. The molecule has 2 saturated heterocycles. The molecule has 2 fully saturated rings. The molecule has 2 aliphatic rings. The van der Waals surface area contributed by atoms with Crippen molar-refractivity contribution in [3.05, 3.63) is 29.8 Å². The lowest BCUT2D eigenvalue weighted by Gasteiger charge is -2.37. The highest BCUT2D eigenvalue weighted by molar-refractivity contribution is 7.89. The fourth-order valence-electron chi connectivity index (χ4n) is 3.44. The second-order valence-corrected chi connectivity index (χ2v) is 8.39. The van der Waals surface area contributed by atoms with Gasteiger partial charge in [-0.25, -0.2) is 8.42 Å². The van der Waals surface area contributed by atoms with Crippen molar-refractivity contribution in [2.24, 2.45) is 0 Å². The van der Waals surface area contributed by atoms with Crippen molar-refractivity contribution in [3.63, 3.8) is 0 Å². The molecule has 0 radical (unpaired) electrons. The Morgan fingerprint density at radius 2 is 1.70 bits per heavy atom. The molecular weight excluding hydrogens is 312 g/mol. The molecule has 2 aliphatic heterocycles. The van der Waals surface area contributed by atoms with E-state index in [1.807, 2.05) is 19.1 Å². The molecule has 0 unspecified atom stereocenters. The van der Waals surface area contributed by atoms with Crippen LogP contribution in [0.3, 0.4) is 0 Å². The third kappa shape index (κ3) is 3.94. The SMILES string of the molecule is Cc1ccc(S(=O)(=O)N2CCC(N3CCCOCC3)CC2)cc1. The van der Waals surface area contributed by atoms with Crippen LogP contribution in [0.1, 0.15) is 24.8 Å². The van der Waals surface area contributed by atoms with Gasteiger partial charge in [0.15, 0.2) is 0 Å². The third-order valence-electron chi connectivity index (χ3n) is 4.86. The van der Waals surface area contributed by atoms with Gasteiger partial charge in [-0.2, -0.15) is 4.31 Å². The summed E-state index contributed by atoms with van der Waals surface area (Å²) in [5, 5.41) is 0. The fraction of sp³-hybridized carbons (Fsp3) is 0.647. The normalized spacial score (nSPS) is 22.8. The number of benzene rings is 1. The van der Waals surface area contributed by atoms with Gasteiger partial charge in [0.2, 0.25) is 10.0 Å². The molecule has 23 heavy (non-hydrogen) atoms. The van der Waals surface area contributed by atoms with Crippen molar-refractivity contribution < 1.29 is 13.2 Å². The molecule has 0 aliphatic carbocycles. The average molecular weight is 338 g/mol. The predicted octanol–water partition coefficient (Wildman–Crippen LogP) is 1.87. The van der Waals surface area contributed by atoms with Crippen molar-refractivity contribution in [1.82, 2.24) is 9.21 Å². The average Bonchev–Trinajstić information content (AvgIpc) is 2.85. The van der Waals surface area contributed by atoms with Crippen LogP contribution in [-0.2, 0) is 14.8 Å². The van der Waals surface area contributed by atoms with Gasteiger partial charge in [-0.1, -0.05) is 17.7 Å². The number of nitrogens with zero attached hydrogens (tertiary/aromatic N) is 2. The first-order chi connectivity index (χ1) is 11.1. The summed E-state index contributed by atoms with van der Waals surface area (Å²) in [5.41, 5.74) is 1.08. The Morgan fingerprint density at radius 1 is 1.00 bits per heavy atom. The predicted molar refractivity (Wildman–Crippen MR) is 90.0 cm³/mol. The first-order valence-corrected chi connectivity index (χ1v) is 9.90. The molecule has 0 spiro atoms. The van der Waals surface area contributed by atoms with Gasteiger partial charge in [-0.15, -0.1) is 0 Å². The molecule has 3 rings (SSSR count). The van der Waals surface area contributed by atoms with E-state index in [0.717, 1.165) is 51.1 Å². The zero-order chi connectivity index (χ0) is 16.3. The Kier molecular flexibility index (Phi) is 5.36. The van der Waals surface area contributed by atoms with E-state index in [1.165, 1.54) is 0 Å². The van der Waals surface area contributed by atoms with Crippen LogP contribution in [0.2, 0.25) is 0 Å².